The Hall–Kier alpha value is -8.62. The fraction of sp³-hybridized carbons (Fsp3) is 0. The van der Waals surface area contributed by atoms with Crippen molar-refractivity contribution in [2.75, 3.05) is 0 Å². The highest BCUT2D eigenvalue weighted by Gasteiger charge is 2.25. The van der Waals surface area contributed by atoms with E-state index in [1.807, 2.05) is 97.1 Å². The van der Waals surface area contributed by atoms with Crippen molar-refractivity contribution in [3.8, 4) is 68.6 Å². The van der Waals surface area contributed by atoms with Gasteiger partial charge in [0.05, 0.1) is 22.1 Å². The lowest BCUT2D eigenvalue weighted by atomic mass is 10.0. The topological polar surface area (TPSA) is 87.2 Å². The molecule has 0 aliphatic heterocycles. The van der Waals surface area contributed by atoms with Gasteiger partial charge in [-0.3, -0.25) is 9.13 Å². The molecule has 0 fully saturated rings. The molecule has 0 bridgehead atoms. The lowest BCUT2D eigenvalue weighted by Gasteiger charge is -2.14. The minimum absolute atomic E-state index is 0.500. The van der Waals surface area contributed by atoms with E-state index in [2.05, 4.69) is 118 Å². The number of aromatic nitrogens is 8. The van der Waals surface area contributed by atoms with Gasteiger partial charge in [-0.2, -0.15) is 19.9 Å². The Bertz CT molecular complexity index is 3560. The Kier molecular flexibility index (Phi) is 8.31. The van der Waals surface area contributed by atoms with Crippen molar-refractivity contribution >= 4 is 43.6 Å². The first kappa shape index (κ1) is 35.3. The number of para-hydroxylation sites is 2. The number of hydrogen-bond donors (Lipinski definition) is 0. The fourth-order valence-electron chi connectivity index (χ4n) is 8.59. The zero-order valence-electron chi connectivity index (χ0n) is 33.2. The number of fused-ring (bicyclic) bond motifs is 7. The first-order chi connectivity index (χ1) is 30.7. The number of rotatable bonds is 7. The Morgan fingerprint density at radius 3 is 1.02 bits per heavy atom. The maximum absolute atomic E-state index is 5.37. The van der Waals surface area contributed by atoms with E-state index >= 15 is 0 Å². The van der Waals surface area contributed by atoms with Crippen LogP contribution in [0.3, 0.4) is 0 Å². The summed E-state index contributed by atoms with van der Waals surface area (Å²) in [5.41, 5.74) is 9.57. The molecule has 0 unspecified atom stereocenters. The third kappa shape index (κ3) is 5.92. The van der Waals surface area contributed by atoms with Crippen LogP contribution in [0, 0.1) is 0 Å². The number of benzene rings is 8. The van der Waals surface area contributed by atoms with E-state index in [1.54, 1.807) is 0 Å². The van der Waals surface area contributed by atoms with Gasteiger partial charge in [0.1, 0.15) is 0 Å². The van der Waals surface area contributed by atoms with Crippen molar-refractivity contribution in [3.63, 3.8) is 0 Å². The highest BCUT2D eigenvalue weighted by Crippen LogP contribution is 2.41. The van der Waals surface area contributed by atoms with Crippen LogP contribution in [0.5, 0.6) is 0 Å². The highest BCUT2D eigenvalue weighted by atomic mass is 15.2. The van der Waals surface area contributed by atoms with E-state index in [9.17, 15) is 0 Å². The van der Waals surface area contributed by atoms with Gasteiger partial charge in [-0.25, -0.2) is 9.97 Å². The monoisotopic (exact) mass is 794 g/mol. The van der Waals surface area contributed by atoms with Gasteiger partial charge in [0, 0.05) is 43.8 Å². The molecule has 0 saturated heterocycles. The fourth-order valence-corrected chi connectivity index (χ4v) is 8.59. The summed E-state index contributed by atoms with van der Waals surface area (Å²) in [6.07, 6.45) is 0. The lowest BCUT2D eigenvalue weighted by molar-refractivity contribution is 0.941. The Morgan fingerprint density at radius 1 is 0.242 bits per heavy atom. The van der Waals surface area contributed by atoms with Crippen molar-refractivity contribution in [1.82, 2.24) is 39.0 Å². The van der Waals surface area contributed by atoms with E-state index in [-0.39, 0.29) is 0 Å². The molecule has 290 valence electrons. The molecule has 0 N–H and O–H groups in total. The second kappa shape index (κ2) is 14.6. The molecule has 0 aliphatic carbocycles. The molecule has 12 rings (SSSR count). The zero-order chi connectivity index (χ0) is 41.0. The largest absolute Gasteiger partial charge is 0.276 e. The van der Waals surface area contributed by atoms with E-state index in [1.165, 1.54) is 0 Å². The van der Waals surface area contributed by atoms with Crippen LogP contribution in [0.15, 0.2) is 206 Å². The second-order valence-corrected chi connectivity index (χ2v) is 15.2. The van der Waals surface area contributed by atoms with Crippen LogP contribution in [0.2, 0.25) is 0 Å². The summed E-state index contributed by atoms with van der Waals surface area (Å²) in [5.74, 6) is 3.32. The summed E-state index contributed by atoms with van der Waals surface area (Å²) in [6.45, 7) is 0. The summed E-state index contributed by atoms with van der Waals surface area (Å²) in [5, 5.41) is 4.24. The minimum atomic E-state index is 0.500. The minimum Gasteiger partial charge on any atom is -0.276 e. The van der Waals surface area contributed by atoms with Crippen LogP contribution in [-0.2, 0) is 0 Å². The van der Waals surface area contributed by atoms with Crippen LogP contribution in [-0.4, -0.2) is 39.0 Å². The van der Waals surface area contributed by atoms with Crippen molar-refractivity contribution in [1.29, 1.82) is 0 Å². The van der Waals surface area contributed by atoms with Crippen molar-refractivity contribution < 1.29 is 0 Å². The van der Waals surface area contributed by atoms with Crippen LogP contribution in [0.25, 0.3) is 112 Å². The SMILES string of the molecule is c1ccc(-c2cccc(-c3nc(-c4ccccc4)nc(-n4c5ccccc5c5ccc6c7ccccc7n(-c7nc(-c8ccccc8)nc(-c8ccccc8)n7)c6c54)n3)c2)cc1. The molecule has 4 heterocycles. The standard InChI is InChI=1S/C54H34N8/c1-5-18-35(19-6-1)39-26-17-27-40(34-39)52-56-51(38-24-11-4-12-25-38)59-54(60-52)62-46-31-16-14-29-42(46)44-33-32-43-41-28-13-15-30-45(41)61(47(43)48(44)62)53-57-49(36-20-7-2-8-21-36)55-50(58-53)37-22-9-3-10-23-37/h1-34H. The number of hydrogen-bond acceptors (Lipinski definition) is 6. The second-order valence-electron chi connectivity index (χ2n) is 15.2. The quantitative estimate of drug-likeness (QED) is 0.160. The van der Waals surface area contributed by atoms with E-state index in [0.29, 0.717) is 35.2 Å². The van der Waals surface area contributed by atoms with Gasteiger partial charge in [0.2, 0.25) is 11.9 Å². The van der Waals surface area contributed by atoms with E-state index in [0.717, 1.165) is 77.0 Å². The molecule has 12 aromatic rings. The Morgan fingerprint density at radius 2 is 0.581 bits per heavy atom. The normalized spacial score (nSPS) is 11.5. The molecule has 0 radical (unpaired) electrons. The van der Waals surface area contributed by atoms with Crippen molar-refractivity contribution in [2.24, 2.45) is 0 Å². The predicted octanol–water partition coefficient (Wildman–Crippen LogP) is 12.6. The van der Waals surface area contributed by atoms with Crippen LogP contribution >= 0.6 is 0 Å². The molecule has 0 aliphatic rings. The van der Waals surface area contributed by atoms with Crippen LogP contribution in [0.4, 0.5) is 0 Å². The van der Waals surface area contributed by atoms with Crippen LogP contribution < -0.4 is 0 Å². The predicted molar refractivity (Wildman–Crippen MR) is 249 cm³/mol. The zero-order valence-corrected chi connectivity index (χ0v) is 33.2. The summed E-state index contributed by atoms with van der Waals surface area (Å²) in [7, 11) is 0. The van der Waals surface area contributed by atoms with Crippen LogP contribution in [0.1, 0.15) is 0 Å². The molecule has 4 aromatic heterocycles. The van der Waals surface area contributed by atoms with Gasteiger partial charge in [-0.1, -0.05) is 188 Å². The maximum Gasteiger partial charge on any atom is 0.238 e. The average molecular weight is 795 g/mol. The summed E-state index contributed by atoms with van der Waals surface area (Å²) >= 11 is 0. The van der Waals surface area contributed by atoms with E-state index in [4.69, 9.17) is 29.9 Å². The summed E-state index contributed by atoms with van der Waals surface area (Å²) < 4.78 is 4.38. The molecule has 0 saturated carbocycles. The van der Waals surface area contributed by atoms with Crippen molar-refractivity contribution in [3.05, 3.63) is 206 Å². The molecule has 0 spiro atoms. The number of nitrogens with zero attached hydrogens (tertiary/aromatic N) is 8. The third-order valence-electron chi connectivity index (χ3n) is 11.4. The Labute approximate surface area is 356 Å². The summed E-state index contributed by atoms with van der Waals surface area (Å²) in [6, 6.07) is 70.4. The molecule has 0 amide bonds. The van der Waals surface area contributed by atoms with Gasteiger partial charge in [0.25, 0.3) is 0 Å². The summed E-state index contributed by atoms with van der Waals surface area (Å²) in [4.78, 5) is 31.4. The first-order valence-electron chi connectivity index (χ1n) is 20.6. The van der Waals surface area contributed by atoms with Gasteiger partial charge in [-0.15, -0.1) is 0 Å². The molecule has 8 nitrogen and oxygen atoms in total. The van der Waals surface area contributed by atoms with Gasteiger partial charge in [-0.05, 0) is 29.3 Å². The molecule has 8 heteroatoms. The maximum atomic E-state index is 5.37. The molecular weight excluding hydrogens is 761 g/mol. The molecule has 8 aromatic carbocycles. The van der Waals surface area contributed by atoms with Gasteiger partial charge >= 0.3 is 0 Å². The van der Waals surface area contributed by atoms with E-state index < -0.39 is 0 Å². The third-order valence-corrected chi connectivity index (χ3v) is 11.4. The van der Waals surface area contributed by atoms with Crippen molar-refractivity contribution in [2.45, 2.75) is 0 Å². The average Bonchev–Trinajstić information content (AvgIpc) is 3.88. The molecule has 0 atom stereocenters. The van der Waals surface area contributed by atoms with Gasteiger partial charge < -0.3 is 0 Å². The highest BCUT2D eigenvalue weighted by molar-refractivity contribution is 6.23. The van der Waals surface area contributed by atoms with Gasteiger partial charge in [0.15, 0.2) is 23.3 Å². The molecule has 62 heavy (non-hydrogen) atoms. The smallest absolute Gasteiger partial charge is 0.238 e. The Balaban J connectivity index is 1.19. The first-order valence-corrected chi connectivity index (χ1v) is 20.6. The molecular formula is C54H34N8. The lowest BCUT2D eigenvalue weighted by Crippen LogP contribution is -2.09.